The van der Waals surface area contributed by atoms with E-state index in [0.717, 1.165) is 5.56 Å². The van der Waals surface area contributed by atoms with Crippen LogP contribution >= 0.6 is 44.1 Å². The van der Waals surface area contributed by atoms with E-state index >= 15 is 0 Å². The Bertz CT molecular complexity index is 903. The molecule has 0 aromatic heterocycles. The minimum atomic E-state index is -1.05. The molecule has 9 heteroatoms. The van der Waals surface area contributed by atoms with Gasteiger partial charge in [0.05, 0.1) is 22.7 Å². The van der Waals surface area contributed by atoms with E-state index in [4.69, 9.17) is 22.1 Å². The highest BCUT2D eigenvalue weighted by Crippen LogP contribution is 2.32. The van der Waals surface area contributed by atoms with Gasteiger partial charge in [-0.25, -0.2) is 4.79 Å². The van der Waals surface area contributed by atoms with Crippen LogP contribution in [0.2, 0.25) is 0 Å². The third-order valence-corrected chi connectivity index (χ3v) is 4.67. The van der Waals surface area contributed by atoms with Crippen molar-refractivity contribution in [2.45, 2.75) is 6.92 Å². The average Bonchev–Trinajstić information content (AvgIpc) is 2.55. The van der Waals surface area contributed by atoms with Gasteiger partial charge in [-0.05, 0) is 64.9 Å². The van der Waals surface area contributed by atoms with Crippen LogP contribution in [0, 0.1) is 6.92 Å². The molecular formula is C17H14Br2N2O4S. The normalized spacial score (nSPS) is 10.2. The second kappa shape index (κ2) is 8.61. The smallest absolute Gasteiger partial charge is 0.335 e. The van der Waals surface area contributed by atoms with Crippen molar-refractivity contribution in [1.82, 2.24) is 5.32 Å². The maximum absolute atomic E-state index is 12.5. The van der Waals surface area contributed by atoms with Crippen molar-refractivity contribution in [3.05, 3.63) is 56.0 Å². The third kappa shape index (κ3) is 4.80. The Morgan fingerprint density at radius 3 is 2.50 bits per heavy atom. The van der Waals surface area contributed by atoms with Crippen molar-refractivity contribution < 1.29 is 19.4 Å². The molecule has 2 aromatic carbocycles. The van der Waals surface area contributed by atoms with Gasteiger partial charge in [-0.1, -0.05) is 22.0 Å². The Morgan fingerprint density at radius 2 is 1.88 bits per heavy atom. The Morgan fingerprint density at radius 1 is 1.19 bits per heavy atom. The molecule has 0 unspecified atom stereocenters. The second-order valence-corrected chi connectivity index (χ2v) is 7.39. The Labute approximate surface area is 172 Å². The fourth-order valence-electron chi connectivity index (χ4n) is 2.15. The lowest BCUT2D eigenvalue weighted by Crippen LogP contribution is -2.34. The molecule has 0 heterocycles. The van der Waals surface area contributed by atoms with Crippen molar-refractivity contribution >= 4 is 66.8 Å². The number of anilines is 1. The van der Waals surface area contributed by atoms with Gasteiger partial charge in [-0.2, -0.15) is 0 Å². The standard InChI is InChI=1S/C17H14Br2N2O4S/c1-8-3-4-9(16(23)24)5-13(8)20-17(26)21-15(22)11-6-10(18)7-12(19)14(11)25-2/h3-7H,1-2H3,(H,23,24)(H2,20,21,22,26). The van der Waals surface area contributed by atoms with Gasteiger partial charge in [0.25, 0.3) is 5.91 Å². The first-order valence-electron chi connectivity index (χ1n) is 7.22. The predicted octanol–water partition coefficient (Wildman–Crippen LogP) is 4.35. The first-order chi connectivity index (χ1) is 12.2. The summed E-state index contributed by atoms with van der Waals surface area (Å²) in [6, 6.07) is 7.97. The molecule has 0 aliphatic heterocycles. The van der Waals surface area contributed by atoms with Gasteiger partial charge in [0.15, 0.2) is 5.11 Å². The van der Waals surface area contributed by atoms with Crippen LogP contribution in [0.15, 0.2) is 39.3 Å². The highest BCUT2D eigenvalue weighted by atomic mass is 79.9. The maximum atomic E-state index is 12.5. The largest absolute Gasteiger partial charge is 0.495 e. The lowest BCUT2D eigenvalue weighted by molar-refractivity contribution is 0.0696. The summed E-state index contributed by atoms with van der Waals surface area (Å²) in [5.41, 5.74) is 1.69. The molecule has 2 aromatic rings. The summed E-state index contributed by atoms with van der Waals surface area (Å²) in [4.78, 5) is 23.6. The molecular weight excluding hydrogens is 488 g/mol. The van der Waals surface area contributed by atoms with Gasteiger partial charge in [0.1, 0.15) is 5.75 Å². The van der Waals surface area contributed by atoms with Gasteiger partial charge >= 0.3 is 5.97 Å². The number of aryl methyl sites for hydroxylation is 1. The number of ether oxygens (including phenoxy) is 1. The predicted molar refractivity (Wildman–Crippen MR) is 110 cm³/mol. The number of benzene rings is 2. The number of nitrogens with one attached hydrogen (secondary N) is 2. The number of halogens is 2. The van der Waals surface area contributed by atoms with Crippen molar-refractivity contribution in [1.29, 1.82) is 0 Å². The van der Waals surface area contributed by atoms with Crippen LogP contribution < -0.4 is 15.4 Å². The number of amides is 1. The van der Waals surface area contributed by atoms with Crippen LogP contribution in [0.4, 0.5) is 5.69 Å². The SMILES string of the molecule is COc1c(Br)cc(Br)cc1C(=O)NC(=S)Nc1cc(C(=O)O)ccc1C. The van der Waals surface area contributed by atoms with E-state index in [1.165, 1.54) is 19.2 Å². The number of rotatable bonds is 4. The van der Waals surface area contributed by atoms with Crippen LogP contribution in [0.3, 0.4) is 0 Å². The van der Waals surface area contributed by atoms with E-state index in [1.54, 1.807) is 25.1 Å². The summed E-state index contributed by atoms with van der Waals surface area (Å²) in [7, 11) is 1.46. The Hall–Kier alpha value is -1.97. The van der Waals surface area contributed by atoms with Crippen LogP contribution in [0.1, 0.15) is 26.3 Å². The molecule has 0 aliphatic carbocycles. The molecule has 0 saturated heterocycles. The second-order valence-electron chi connectivity index (χ2n) is 5.21. The van der Waals surface area contributed by atoms with Gasteiger partial charge in [0, 0.05) is 10.2 Å². The molecule has 0 saturated carbocycles. The van der Waals surface area contributed by atoms with Crippen LogP contribution in [-0.4, -0.2) is 29.2 Å². The number of carboxylic acid groups (broad SMARTS) is 1. The third-order valence-electron chi connectivity index (χ3n) is 3.42. The van der Waals surface area contributed by atoms with E-state index in [1.807, 2.05) is 0 Å². The monoisotopic (exact) mass is 500 g/mol. The molecule has 0 bridgehead atoms. The minimum Gasteiger partial charge on any atom is -0.495 e. The fourth-order valence-corrected chi connectivity index (χ4v) is 3.74. The van der Waals surface area contributed by atoms with Crippen LogP contribution in [0.5, 0.6) is 5.75 Å². The highest BCUT2D eigenvalue weighted by Gasteiger charge is 2.18. The summed E-state index contributed by atoms with van der Waals surface area (Å²) in [6.45, 7) is 1.80. The van der Waals surface area contributed by atoms with Gasteiger partial charge in [-0.3, -0.25) is 10.1 Å². The van der Waals surface area contributed by atoms with Crippen molar-refractivity contribution in [2.24, 2.45) is 0 Å². The fraction of sp³-hybridized carbons (Fsp3) is 0.118. The molecule has 1 amide bonds. The van der Waals surface area contributed by atoms with Crippen molar-refractivity contribution in [2.75, 3.05) is 12.4 Å². The molecule has 0 fully saturated rings. The first-order valence-corrected chi connectivity index (χ1v) is 9.21. The van der Waals surface area contributed by atoms with E-state index < -0.39 is 11.9 Å². The lowest BCUT2D eigenvalue weighted by atomic mass is 10.1. The Balaban J connectivity index is 2.20. The number of methoxy groups -OCH3 is 1. The number of hydrogen-bond acceptors (Lipinski definition) is 4. The summed E-state index contributed by atoms with van der Waals surface area (Å²) < 4.78 is 6.56. The summed E-state index contributed by atoms with van der Waals surface area (Å²) >= 11 is 11.8. The van der Waals surface area contributed by atoms with E-state index in [-0.39, 0.29) is 16.2 Å². The zero-order valence-electron chi connectivity index (χ0n) is 13.7. The van der Waals surface area contributed by atoms with Crippen molar-refractivity contribution in [3.63, 3.8) is 0 Å². The number of hydrogen-bond donors (Lipinski definition) is 3. The number of carboxylic acids is 1. The first kappa shape index (κ1) is 20.3. The van der Waals surface area contributed by atoms with Crippen molar-refractivity contribution in [3.8, 4) is 5.75 Å². The molecule has 0 spiro atoms. The summed E-state index contributed by atoms with van der Waals surface area (Å²) in [5.74, 6) is -1.14. The maximum Gasteiger partial charge on any atom is 0.335 e. The van der Waals surface area contributed by atoms with E-state index in [2.05, 4.69) is 42.5 Å². The summed E-state index contributed by atoms with van der Waals surface area (Å²) in [6.07, 6.45) is 0. The lowest BCUT2D eigenvalue weighted by Gasteiger charge is -2.14. The zero-order valence-corrected chi connectivity index (χ0v) is 17.7. The minimum absolute atomic E-state index is 0.0405. The van der Waals surface area contributed by atoms with Gasteiger partial charge in [0.2, 0.25) is 0 Å². The highest BCUT2D eigenvalue weighted by molar-refractivity contribution is 9.11. The molecule has 6 nitrogen and oxygen atoms in total. The van der Waals surface area contributed by atoms with E-state index in [0.29, 0.717) is 20.4 Å². The zero-order chi connectivity index (χ0) is 19.4. The molecule has 0 atom stereocenters. The average molecular weight is 502 g/mol. The van der Waals surface area contributed by atoms with Gasteiger partial charge < -0.3 is 15.2 Å². The quantitative estimate of drug-likeness (QED) is 0.540. The molecule has 0 aliphatic rings. The van der Waals surface area contributed by atoms with Crippen LogP contribution in [0.25, 0.3) is 0 Å². The van der Waals surface area contributed by atoms with Gasteiger partial charge in [-0.15, -0.1) is 0 Å². The Kier molecular flexibility index (Phi) is 6.74. The number of carbonyl (C=O) groups excluding carboxylic acids is 1. The topological polar surface area (TPSA) is 87.7 Å². The molecule has 2 rings (SSSR count). The molecule has 0 radical (unpaired) electrons. The van der Waals surface area contributed by atoms with Crippen LogP contribution in [-0.2, 0) is 0 Å². The number of aromatic carboxylic acids is 1. The summed E-state index contributed by atoms with van der Waals surface area (Å²) in [5, 5.41) is 14.5. The number of thiocarbonyl (C=S) groups is 1. The number of carbonyl (C=O) groups is 2. The van der Waals surface area contributed by atoms with E-state index in [9.17, 15) is 9.59 Å². The molecule has 3 N–H and O–H groups in total. The molecule has 26 heavy (non-hydrogen) atoms. The molecule has 136 valence electrons.